The molecular formula is C21H22ClN5O3S. The van der Waals surface area contributed by atoms with Gasteiger partial charge in [-0.05, 0) is 42.3 Å². The summed E-state index contributed by atoms with van der Waals surface area (Å²) >= 11 is 7.27. The second-order valence-corrected chi connectivity index (χ2v) is 8.53. The van der Waals surface area contributed by atoms with E-state index in [2.05, 4.69) is 15.5 Å². The minimum Gasteiger partial charge on any atom is -0.497 e. The Morgan fingerprint density at radius 3 is 2.48 bits per heavy atom. The van der Waals surface area contributed by atoms with Crippen molar-refractivity contribution < 1.29 is 14.3 Å². The molecule has 3 amide bonds. The van der Waals surface area contributed by atoms with Gasteiger partial charge in [-0.1, -0.05) is 49.3 Å². The number of nitrogens with two attached hydrogens (primary N) is 1. The zero-order valence-electron chi connectivity index (χ0n) is 17.2. The summed E-state index contributed by atoms with van der Waals surface area (Å²) in [5, 5.41) is 11.3. The number of urea groups is 1. The van der Waals surface area contributed by atoms with Gasteiger partial charge in [0.15, 0.2) is 11.0 Å². The molecule has 0 bridgehead atoms. The van der Waals surface area contributed by atoms with Gasteiger partial charge in [0, 0.05) is 16.3 Å². The summed E-state index contributed by atoms with van der Waals surface area (Å²) in [4.78, 5) is 23.7. The average molecular weight is 460 g/mol. The highest BCUT2D eigenvalue weighted by Gasteiger charge is 2.28. The van der Waals surface area contributed by atoms with Gasteiger partial charge < -0.3 is 10.5 Å². The molecule has 162 valence electrons. The molecule has 1 aromatic heterocycles. The first-order chi connectivity index (χ1) is 14.8. The molecule has 0 aliphatic rings. The van der Waals surface area contributed by atoms with E-state index in [-0.39, 0.29) is 5.92 Å². The molecule has 1 atom stereocenters. The molecule has 3 N–H and O–H groups in total. The second kappa shape index (κ2) is 9.84. The number of carbonyl (C=O) groups excluding carboxylic acids is 2. The highest BCUT2D eigenvalue weighted by atomic mass is 35.5. The largest absolute Gasteiger partial charge is 0.497 e. The summed E-state index contributed by atoms with van der Waals surface area (Å²) < 4.78 is 7.17. The molecule has 0 aliphatic carbocycles. The van der Waals surface area contributed by atoms with Gasteiger partial charge in [-0.2, -0.15) is 0 Å². The van der Waals surface area contributed by atoms with E-state index in [0.717, 1.165) is 11.3 Å². The van der Waals surface area contributed by atoms with Crippen LogP contribution in [-0.4, -0.2) is 39.1 Å². The number of methoxy groups -OCH3 is 1. The molecule has 3 aromatic rings. The highest BCUT2D eigenvalue weighted by Crippen LogP contribution is 2.33. The standard InChI is InChI=1S/C21H22ClN5O3S/c1-12(2)17(19(28)24-20(23)29)31-21-26-25-18(13-5-4-6-16(11-13)30-3)27(21)15-9-7-14(22)8-10-15/h4-12,17H,1-3H3,(H3,23,24,28,29)/t17-/m0/s1. The predicted molar refractivity (Wildman–Crippen MR) is 121 cm³/mol. The van der Waals surface area contributed by atoms with E-state index in [1.54, 1.807) is 19.2 Å². The van der Waals surface area contributed by atoms with Crippen LogP contribution in [0, 0.1) is 5.92 Å². The molecule has 8 nitrogen and oxygen atoms in total. The van der Waals surface area contributed by atoms with E-state index in [1.807, 2.05) is 54.8 Å². The first-order valence-electron chi connectivity index (χ1n) is 9.43. The molecular weight excluding hydrogens is 438 g/mol. The van der Waals surface area contributed by atoms with Gasteiger partial charge in [0.05, 0.1) is 12.4 Å². The first-order valence-corrected chi connectivity index (χ1v) is 10.7. The topological polar surface area (TPSA) is 112 Å². The van der Waals surface area contributed by atoms with Crippen LogP contribution in [-0.2, 0) is 4.79 Å². The zero-order valence-corrected chi connectivity index (χ0v) is 18.8. The van der Waals surface area contributed by atoms with Crippen LogP contribution in [0.25, 0.3) is 17.1 Å². The van der Waals surface area contributed by atoms with Crippen LogP contribution < -0.4 is 15.8 Å². The third-order valence-electron chi connectivity index (χ3n) is 4.39. The molecule has 0 saturated heterocycles. The summed E-state index contributed by atoms with van der Waals surface area (Å²) in [5.74, 6) is 0.667. The van der Waals surface area contributed by atoms with Crippen molar-refractivity contribution in [3.63, 3.8) is 0 Å². The Labute approximate surface area is 189 Å². The van der Waals surface area contributed by atoms with Gasteiger partial charge in [0.2, 0.25) is 5.91 Å². The lowest BCUT2D eigenvalue weighted by Gasteiger charge is -2.19. The Balaban J connectivity index is 2.09. The summed E-state index contributed by atoms with van der Waals surface area (Å²) in [6.07, 6.45) is 0. The molecule has 0 radical (unpaired) electrons. The summed E-state index contributed by atoms with van der Waals surface area (Å²) in [6.45, 7) is 3.76. The number of imide groups is 1. The summed E-state index contributed by atoms with van der Waals surface area (Å²) in [7, 11) is 1.59. The minimum atomic E-state index is -0.896. The second-order valence-electron chi connectivity index (χ2n) is 6.99. The molecule has 2 aromatic carbocycles. The van der Waals surface area contributed by atoms with Crippen molar-refractivity contribution in [3.05, 3.63) is 53.6 Å². The van der Waals surface area contributed by atoms with E-state index in [0.29, 0.717) is 21.8 Å². The Hall–Kier alpha value is -3.04. The van der Waals surface area contributed by atoms with Crippen molar-refractivity contribution in [2.75, 3.05) is 7.11 Å². The maximum atomic E-state index is 12.5. The maximum Gasteiger partial charge on any atom is 0.318 e. The number of nitrogens with one attached hydrogen (secondary N) is 1. The molecule has 10 heteroatoms. The number of halogens is 1. The minimum absolute atomic E-state index is 0.0972. The molecule has 0 fully saturated rings. The van der Waals surface area contributed by atoms with Crippen LogP contribution in [0.4, 0.5) is 4.79 Å². The molecule has 1 heterocycles. The average Bonchev–Trinajstić information content (AvgIpc) is 3.15. The highest BCUT2D eigenvalue weighted by molar-refractivity contribution is 8.00. The smallest absolute Gasteiger partial charge is 0.318 e. The molecule has 3 rings (SSSR count). The number of primary amides is 1. The van der Waals surface area contributed by atoms with E-state index in [1.165, 1.54) is 11.8 Å². The Bertz CT molecular complexity index is 1080. The van der Waals surface area contributed by atoms with Crippen molar-refractivity contribution in [2.45, 2.75) is 24.3 Å². The fourth-order valence-electron chi connectivity index (χ4n) is 2.92. The van der Waals surface area contributed by atoms with E-state index >= 15 is 0 Å². The number of aromatic nitrogens is 3. The van der Waals surface area contributed by atoms with Crippen molar-refractivity contribution in [1.29, 1.82) is 0 Å². The Morgan fingerprint density at radius 2 is 1.87 bits per heavy atom. The number of ether oxygens (including phenoxy) is 1. The van der Waals surface area contributed by atoms with Crippen molar-refractivity contribution >= 4 is 35.3 Å². The molecule has 0 saturated carbocycles. The van der Waals surface area contributed by atoms with E-state index < -0.39 is 17.2 Å². The third kappa shape index (κ3) is 5.36. The number of rotatable bonds is 7. The van der Waals surface area contributed by atoms with Crippen molar-refractivity contribution in [2.24, 2.45) is 11.7 Å². The quantitative estimate of drug-likeness (QED) is 0.518. The summed E-state index contributed by atoms with van der Waals surface area (Å²) in [5.41, 5.74) is 6.69. The fraction of sp³-hybridized carbons (Fsp3) is 0.238. The molecule has 0 unspecified atom stereocenters. The van der Waals surface area contributed by atoms with Gasteiger partial charge in [0.25, 0.3) is 0 Å². The normalized spacial score (nSPS) is 11.9. The Kier molecular flexibility index (Phi) is 7.19. The molecule has 31 heavy (non-hydrogen) atoms. The van der Waals surface area contributed by atoms with Gasteiger partial charge in [0.1, 0.15) is 5.75 Å². The maximum absolute atomic E-state index is 12.5. The lowest BCUT2D eigenvalue weighted by Crippen LogP contribution is -2.42. The zero-order chi connectivity index (χ0) is 22.5. The third-order valence-corrected chi connectivity index (χ3v) is 6.13. The van der Waals surface area contributed by atoms with Crippen LogP contribution in [0.2, 0.25) is 5.02 Å². The number of hydrogen-bond donors (Lipinski definition) is 2. The van der Waals surface area contributed by atoms with Gasteiger partial charge in [-0.3, -0.25) is 14.7 Å². The fourth-order valence-corrected chi connectivity index (χ4v) is 4.09. The lowest BCUT2D eigenvalue weighted by molar-refractivity contribution is -0.120. The number of hydrogen-bond acceptors (Lipinski definition) is 6. The van der Waals surface area contributed by atoms with E-state index in [9.17, 15) is 9.59 Å². The predicted octanol–water partition coefficient (Wildman–Crippen LogP) is 3.91. The lowest BCUT2D eigenvalue weighted by atomic mass is 10.1. The monoisotopic (exact) mass is 459 g/mol. The summed E-state index contributed by atoms with van der Waals surface area (Å²) in [6, 6.07) is 13.8. The van der Waals surface area contributed by atoms with Gasteiger partial charge in [-0.15, -0.1) is 10.2 Å². The van der Waals surface area contributed by atoms with Gasteiger partial charge in [-0.25, -0.2) is 4.79 Å². The number of thioether (sulfide) groups is 1. The SMILES string of the molecule is COc1cccc(-c2nnc(S[C@H](C(=O)NC(N)=O)C(C)C)n2-c2ccc(Cl)cc2)c1. The number of nitrogens with zero attached hydrogens (tertiary/aromatic N) is 3. The number of amides is 3. The van der Waals surface area contributed by atoms with Crippen LogP contribution >= 0.6 is 23.4 Å². The molecule has 0 spiro atoms. The number of carbonyl (C=O) groups is 2. The Morgan fingerprint density at radius 1 is 1.16 bits per heavy atom. The van der Waals surface area contributed by atoms with Crippen LogP contribution in [0.15, 0.2) is 53.7 Å². The number of benzene rings is 2. The van der Waals surface area contributed by atoms with Gasteiger partial charge >= 0.3 is 6.03 Å². The van der Waals surface area contributed by atoms with Crippen LogP contribution in [0.5, 0.6) is 5.75 Å². The van der Waals surface area contributed by atoms with Crippen molar-refractivity contribution in [3.8, 4) is 22.8 Å². The van der Waals surface area contributed by atoms with E-state index in [4.69, 9.17) is 22.1 Å². The molecule has 0 aliphatic heterocycles. The van der Waals surface area contributed by atoms with Crippen LogP contribution in [0.3, 0.4) is 0 Å². The van der Waals surface area contributed by atoms with Crippen LogP contribution in [0.1, 0.15) is 13.8 Å². The van der Waals surface area contributed by atoms with Crippen molar-refractivity contribution in [1.82, 2.24) is 20.1 Å². The first kappa shape index (κ1) is 22.6.